The third-order valence-corrected chi connectivity index (χ3v) is 14.2. The Morgan fingerprint density at radius 2 is 1.47 bits per heavy atom. The van der Waals surface area contributed by atoms with Gasteiger partial charge in [0.2, 0.25) is 0 Å². The van der Waals surface area contributed by atoms with E-state index in [0.717, 1.165) is 44.1 Å². The first-order valence-corrected chi connectivity index (χ1v) is 18.1. The van der Waals surface area contributed by atoms with E-state index < -0.39 is 80.2 Å². The van der Waals surface area contributed by atoms with Gasteiger partial charge in [0, 0.05) is 11.5 Å². The highest BCUT2D eigenvalue weighted by atomic mass is 16.8. The molecule has 0 spiro atoms. The zero-order valence-electron chi connectivity index (χ0n) is 28.3. The van der Waals surface area contributed by atoms with Gasteiger partial charge in [-0.1, -0.05) is 13.8 Å². The van der Waals surface area contributed by atoms with Crippen LogP contribution in [0.4, 0.5) is 0 Å². The molecule has 18 atom stereocenters. The van der Waals surface area contributed by atoms with Crippen LogP contribution in [-0.2, 0) is 28.5 Å². The van der Waals surface area contributed by atoms with Gasteiger partial charge in [-0.15, -0.1) is 0 Å². The lowest BCUT2D eigenvalue weighted by Crippen LogP contribution is -2.65. The molecule has 0 unspecified atom stereocenters. The van der Waals surface area contributed by atoms with E-state index in [1.807, 2.05) is 0 Å². The molecule has 49 heavy (non-hydrogen) atoms. The number of fused-ring (bicyclic) bond motifs is 5. The number of hydrogen-bond acceptors (Lipinski definition) is 14. The average Bonchev–Trinajstić information content (AvgIpc) is 3.63. The van der Waals surface area contributed by atoms with E-state index in [2.05, 4.69) is 13.8 Å². The highest BCUT2D eigenvalue weighted by molar-refractivity contribution is 5.85. The van der Waals surface area contributed by atoms with E-state index >= 15 is 0 Å². The molecule has 278 valence electrons. The van der Waals surface area contributed by atoms with Crippen molar-refractivity contribution in [2.45, 2.75) is 145 Å². The molecule has 14 heteroatoms. The molecular weight excluding hydrogens is 644 g/mol. The van der Waals surface area contributed by atoms with Crippen LogP contribution < -0.4 is 0 Å². The number of cyclic esters (lactones) is 1. The maximum absolute atomic E-state index is 12.5. The summed E-state index contributed by atoms with van der Waals surface area (Å²) in [5.41, 5.74) is -0.165. The number of esters is 1. The predicted octanol–water partition coefficient (Wildman–Crippen LogP) is -0.747. The van der Waals surface area contributed by atoms with Crippen molar-refractivity contribution in [1.82, 2.24) is 0 Å². The van der Waals surface area contributed by atoms with Gasteiger partial charge in [-0.05, 0) is 92.4 Å². The molecule has 2 saturated heterocycles. The van der Waals surface area contributed by atoms with Gasteiger partial charge in [0.15, 0.2) is 12.6 Å². The largest absolute Gasteiger partial charge is 0.458 e. The topological polar surface area (TPSA) is 225 Å². The molecule has 14 nitrogen and oxygen atoms in total. The smallest absolute Gasteiger partial charge is 0.331 e. The summed E-state index contributed by atoms with van der Waals surface area (Å²) in [7, 11) is 0. The van der Waals surface area contributed by atoms with Crippen molar-refractivity contribution >= 4 is 5.97 Å². The molecule has 4 aliphatic carbocycles. The van der Waals surface area contributed by atoms with Crippen LogP contribution in [-0.4, -0.2) is 140 Å². The monoisotopic (exact) mass is 698 g/mol. The molecule has 7 rings (SSSR count). The van der Waals surface area contributed by atoms with E-state index in [4.69, 9.17) is 23.7 Å². The van der Waals surface area contributed by atoms with E-state index in [9.17, 15) is 45.6 Å². The maximum Gasteiger partial charge on any atom is 0.331 e. The van der Waals surface area contributed by atoms with Crippen molar-refractivity contribution in [3.63, 3.8) is 0 Å². The summed E-state index contributed by atoms with van der Waals surface area (Å²) in [6.07, 6.45) is -6.20. The van der Waals surface area contributed by atoms with Crippen molar-refractivity contribution in [1.29, 1.82) is 0 Å². The number of aliphatic hydroxyl groups is 8. The Bertz CT molecular complexity index is 1260. The van der Waals surface area contributed by atoms with Crippen molar-refractivity contribution < 1.29 is 69.3 Å². The fourth-order valence-electron chi connectivity index (χ4n) is 11.3. The average molecular weight is 699 g/mol. The summed E-state index contributed by atoms with van der Waals surface area (Å²) in [6.45, 7) is 3.61. The first kappa shape index (κ1) is 36.1. The summed E-state index contributed by atoms with van der Waals surface area (Å²) >= 11 is 0. The second-order valence-electron chi connectivity index (χ2n) is 16.3. The van der Waals surface area contributed by atoms with E-state index in [1.54, 1.807) is 6.08 Å². The molecule has 3 heterocycles. The zero-order valence-corrected chi connectivity index (χ0v) is 28.3. The zero-order chi connectivity index (χ0) is 35.0. The number of hydrogen-bond donors (Lipinski definition) is 8. The molecular formula is C35H54O14. The Hall–Kier alpha value is -1.27. The summed E-state index contributed by atoms with van der Waals surface area (Å²) in [5, 5.41) is 84.8. The van der Waals surface area contributed by atoms with Crippen LogP contribution in [0.2, 0.25) is 0 Å². The molecule has 4 saturated carbocycles. The Kier molecular flexibility index (Phi) is 9.80. The molecule has 0 bridgehead atoms. The van der Waals surface area contributed by atoms with Gasteiger partial charge in [-0.25, -0.2) is 4.79 Å². The Labute approximate surface area is 285 Å². The summed E-state index contributed by atoms with van der Waals surface area (Å²) in [6, 6.07) is 0. The lowest BCUT2D eigenvalue weighted by molar-refractivity contribution is -0.373. The second kappa shape index (κ2) is 13.3. The number of carbonyl (C=O) groups is 1. The molecule has 8 N–H and O–H groups in total. The van der Waals surface area contributed by atoms with Gasteiger partial charge in [-0.2, -0.15) is 0 Å². The summed E-state index contributed by atoms with van der Waals surface area (Å²) < 4.78 is 29.0. The molecule has 0 aromatic rings. The minimum atomic E-state index is -1.74. The fraction of sp³-hybridized carbons (Fsp3) is 0.914. The van der Waals surface area contributed by atoms with Crippen LogP contribution in [0.1, 0.15) is 71.6 Å². The third kappa shape index (κ3) is 5.73. The first-order valence-electron chi connectivity index (χ1n) is 18.1. The number of ether oxygens (including phenoxy) is 5. The molecule has 0 radical (unpaired) electrons. The van der Waals surface area contributed by atoms with Crippen LogP contribution in [0, 0.1) is 34.5 Å². The second-order valence-corrected chi connectivity index (χ2v) is 16.3. The van der Waals surface area contributed by atoms with Crippen molar-refractivity contribution in [3.8, 4) is 0 Å². The highest BCUT2D eigenvalue weighted by Crippen LogP contribution is 2.70. The highest BCUT2D eigenvalue weighted by Gasteiger charge is 2.68. The Morgan fingerprint density at radius 3 is 2.14 bits per heavy atom. The van der Waals surface area contributed by atoms with Crippen molar-refractivity contribution in [3.05, 3.63) is 11.6 Å². The van der Waals surface area contributed by atoms with Gasteiger partial charge in [0.25, 0.3) is 0 Å². The Morgan fingerprint density at radius 1 is 0.776 bits per heavy atom. The van der Waals surface area contributed by atoms with E-state index in [0.29, 0.717) is 37.7 Å². The van der Waals surface area contributed by atoms with Crippen LogP contribution in [0.3, 0.4) is 0 Å². The minimum Gasteiger partial charge on any atom is -0.458 e. The van der Waals surface area contributed by atoms with Crippen molar-refractivity contribution in [2.75, 3.05) is 19.8 Å². The lowest BCUT2D eigenvalue weighted by atomic mass is 9.43. The maximum atomic E-state index is 12.5. The first-order chi connectivity index (χ1) is 23.3. The summed E-state index contributed by atoms with van der Waals surface area (Å²) in [5.74, 6) is 0.596. The third-order valence-electron chi connectivity index (χ3n) is 14.2. The minimum absolute atomic E-state index is 0.0351. The van der Waals surface area contributed by atoms with Crippen LogP contribution in [0.5, 0.6) is 0 Å². The van der Waals surface area contributed by atoms with E-state index in [-0.39, 0.29) is 34.7 Å². The molecule has 0 amide bonds. The predicted molar refractivity (Wildman–Crippen MR) is 167 cm³/mol. The standard InChI is InChI=1S/C35H54O14/c1-33-8-5-18(46-32-30(28(42)26(40)23(14-37)48-32)49-31-29(43)27(41)25(39)22(13-36)47-31)12-17(33)3-4-21-20(33)6-9-34(2)19(7-10-35(21,34)44)16-11-24(38)45-15-16/h11,17-23,25-32,36-37,39-44H,3-10,12-15H2,1-2H3/t17-,18-,19-,20-,21+,22+,23+,25+,26+,27-,28-,29+,30+,31-,32+,33-,34+,35-/m0/s1. The van der Waals surface area contributed by atoms with Gasteiger partial charge in [-0.3, -0.25) is 0 Å². The SMILES string of the molecule is C[C@]12CC[C@H](O[C@@H]3O[C@H](CO)[C@@H](O)[C@H](O)[C@H]3O[C@@H]3O[C@H](CO)[C@@H](O)[C@H](O)[C@H]3O)C[C@@H]1CC[C@@H]1[C@@H]2CC[C@]2(C)[C@H](C3=CC(=O)OC3)CC[C@]12O. The number of aliphatic hydroxyl groups excluding tert-OH is 7. The van der Waals surface area contributed by atoms with Crippen LogP contribution in [0.15, 0.2) is 11.6 Å². The Balaban J connectivity index is 1.05. The molecule has 0 aromatic carbocycles. The summed E-state index contributed by atoms with van der Waals surface area (Å²) in [4.78, 5) is 11.9. The van der Waals surface area contributed by atoms with Crippen molar-refractivity contribution in [2.24, 2.45) is 34.5 Å². The van der Waals surface area contributed by atoms with Crippen LogP contribution in [0.25, 0.3) is 0 Å². The quantitative estimate of drug-likeness (QED) is 0.121. The fourth-order valence-corrected chi connectivity index (χ4v) is 11.3. The number of rotatable bonds is 7. The van der Waals surface area contributed by atoms with Crippen LogP contribution >= 0.6 is 0 Å². The van der Waals surface area contributed by atoms with Gasteiger partial charge >= 0.3 is 5.97 Å². The van der Waals surface area contributed by atoms with Gasteiger partial charge in [0.1, 0.15) is 55.4 Å². The van der Waals surface area contributed by atoms with Gasteiger partial charge in [0.05, 0.1) is 24.9 Å². The lowest BCUT2D eigenvalue weighted by Gasteiger charge is -2.64. The molecule has 6 fully saturated rings. The normalized spacial score (nSPS) is 54.4. The van der Waals surface area contributed by atoms with E-state index in [1.165, 1.54) is 0 Å². The molecule has 3 aliphatic heterocycles. The molecule has 7 aliphatic rings. The van der Waals surface area contributed by atoms with Gasteiger partial charge < -0.3 is 64.5 Å². The number of carbonyl (C=O) groups excluding carboxylic acids is 1. The molecule has 0 aromatic heterocycles.